The van der Waals surface area contributed by atoms with Gasteiger partial charge in [-0.05, 0) is 54.3 Å². The number of rotatable bonds is 7. The Hall–Kier alpha value is -3.02. The van der Waals surface area contributed by atoms with Crippen molar-refractivity contribution in [2.75, 3.05) is 43.0 Å². The summed E-state index contributed by atoms with van der Waals surface area (Å²) in [7, 11) is 0. The van der Waals surface area contributed by atoms with E-state index >= 15 is 0 Å². The Balaban J connectivity index is 1.46. The van der Waals surface area contributed by atoms with Crippen molar-refractivity contribution in [1.29, 1.82) is 0 Å². The first-order valence-corrected chi connectivity index (χ1v) is 11.8. The van der Waals surface area contributed by atoms with Crippen LogP contribution in [0.5, 0.6) is 5.75 Å². The molecule has 6 heteroatoms. The maximum Gasteiger partial charge on any atom is 0.262 e. The lowest BCUT2D eigenvalue weighted by molar-refractivity contribution is -0.139. The van der Waals surface area contributed by atoms with Crippen molar-refractivity contribution in [3.05, 3.63) is 54.1 Å². The highest BCUT2D eigenvalue weighted by Gasteiger charge is 2.29. The third kappa shape index (κ3) is 6.73. The van der Waals surface area contributed by atoms with E-state index in [2.05, 4.69) is 36.2 Å². The zero-order valence-corrected chi connectivity index (χ0v) is 20.6. The van der Waals surface area contributed by atoms with Gasteiger partial charge in [0.2, 0.25) is 5.91 Å². The highest BCUT2D eigenvalue weighted by Crippen LogP contribution is 2.23. The Kier molecular flexibility index (Phi) is 8.01. The molecule has 0 bridgehead atoms. The van der Waals surface area contributed by atoms with Crippen LogP contribution in [-0.4, -0.2) is 49.5 Å². The van der Waals surface area contributed by atoms with E-state index in [4.69, 9.17) is 4.74 Å². The van der Waals surface area contributed by atoms with Gasteiger partial charge in [0.1, 0.15) is 5.75 Å². The van der Waals surface area contributed by atoms with Gasteiger partial charge in [0.25, 0.3) is 5.91 Å². The molecular weight excluding hydrogens is 414 g/mol. The predicted molar refractivity (Wildman–Crippen MR) is 134 cm³/mol. The Labute approximate surface area is 197 Å². The van der Waals surface area contributed by atoms with Crippen LogP contribution >= 0.6 is 0 Å². The molecule has 1 aliphatic rings. The first-order chi connectivity index (χ1) is 15.7. The van der Waals surface area contributed by atoms with Crippen molar-refractivity contribution >= 4 is 23.2 Å². The van der Waals surface area contributed by atoms with Gasteiger partial charge in [0.15, 0.2) is 6.61 Å². The van der Waals surface area contributed by atoms with E-state index in [-0.39, 0.29) is 23.8 Å². The average molecular weight is 452 g/mol. The van der Waals surface area contributed by atoms with Crippen LogP contribution in [0.3, 0.4) is 0 Å². The summed E-state index contributed by atoms with van der Waals surface area (Å²) in [6.07, 6.45) is 1.09. The molecule has 0 unspecified atom stereocenters. The number of nitrogens with zero attached hydrogens (tertiary/aromatic N) is 2. The van der Waals surface area contributed by atoms with Crippen LogP contribution < -0.4 is 15.0 Å². The first kappa shape index (κ1) is 24.6. The standard InChI is InChI=1S/C27H37N3O3/c1-6-20(2)21-7-13-24(14-8-21)33-19-25(31)28-22-9-11-23(12-10-22)29-15-17-30(18-16-29)26(32)27(3,4)5/h7-14,20H,6,15-19H2,1-5H3,(H,28,31)/t20-/m1/s1. The number of anilines is 2. The maximum atomic E-state index is 12.5. The second kappa shape index (κ2) is 10.7. The summed E-state index contributed by atoms with van der Waals surface area (Å²) in [5.74, 6) is 1.22. The zero-order chi connectivity index (χ0) is 24.0. The van der Waals surface area contributed by atoms with Crippen LogP contribution in [0.25, 0.3) is 0 Å². The van der Waals surface area contributed by atoms with E-state index in [0.717, 1.165) is 44.0 Å². The molecule has 0 aliphatic carbocycles. The van der Waals surface area contributed by atoms with E-state index in [0.29, 0.717) is 11.7 Å². The fourth-order valence-electron chi connectivity index (χ4n) is 3.87. The Morgan fingerprint density at radius 3 is 2.12 bits per heavy atom. The maximum absolute atomic E-state index is 12.5. The van der Waals surface area contributed by atoms with Gasteiger partial charge in [-0.15, -0.1) is 0 Å². The summed E-state index contributed by atoms with van der Waals surface area (Å²) in [4.78, 5) is 29.0. The van der Waals surface area contributed by atoms with Crippen molar-refractivity contribution in [2.45, 2.75) is 47.0 Å². The molecule has 2 aromatic carbocycles. The SMILES string of the molecule is CC[C@@H](C)c1ccc(OCC(=O)Nc2ccc(N3CCN(C(=O)C(C)(C)C)CC3)cc2)cc1. The summed E-state index contributed by atoms with van der Waals surface area (Å²) in [5, 5.41) is 2.88. The van der Waals surface area contributed by atoms with Crippen LogP contribution in [0.2, 0.25) is 0 Å². The van der Waals surface area contributed by atoms with Crippen LogP contribution in [-0.2, 0) is 9.59 Å². The fraction of sp³-hybridized carbons (Fsp3) is 0.481. The van der Waals surface area contributed by atoms with Crippen molar-refractivity contribution in [2.24, 2.45) is 5.41 Å². The van der Waals surface area contributed by atoms with Crippen molar-refractivity contribution in [3.8, 4) is 5.75 Å². The number of carbonyl (C=O) groups excluding carboxylic acids is 2. The highest BCUT2D eigenvalue weighted by molar-refractivity contribution is 5.92. The normalized spacial score (nSPS) is 15.2. The molecule has 2 amide bonds. The second-order valence-electron chi connectivity index (χ2n) is 9.79. The molecule has 1 heterocycles. The third-order valence-corrected chi connectivity index (χ3v) is 6.16. The number of amides is 2. The minimum atomic E-state index is -0.344. The molecule has 0 saturated carbocycles. The van der Waals surface area contributed by atoms with Gasteiger partial charge in [-0.25, -0.2) is 0 Å². The quantitative estimate of drug-likeness (QED) is 0.650. The number of nitrogens with one attached hydrogen (secondary N) is 1. The number of hydrogen-bond acceptors (Lipinski definition) is 4. The van der Waals surface area contributed by atoms with E-state index in [9.17, 15) is 9.59 Å². The largest absolute Gasteiger partial charge is 0.484 e. The molecule has 6 nitrogen and oxygen atoms in total. The summed E-state index contributed by atoms with van der Waals surface area (Å²) in [6, 6.07) is 15.8. The molecule has 1 atom stereocenters. The lowest BCUT2D eigenvalue weighted by Gasteiger charge is -2.38. The van der Waals surface area contributed by atoms with Gasteiger partial charge in [-0.1, -0.05) is 46.8 Å². The molecular formula is C27H37N3O3. The van der Waals surface area contributed by atoms with Gasteiger partial charge in [0, 0.05) is 43.0 Å². The molecule has 1 fully saturated rings. The number of hydrogen-bond donors (Lipinski definition) is 1. The Morgan fingerprint density at radius 1 is 0.970 bits per heavy atom. The molecule has 1 aliphatic heterocycles. The van der Waals surface area contributed by atoms with E-state index in [1.807, 2.05) is 62.1 Å². The fourth-order valence-corrected chi connectivity index (χ4v) is 3.87. The third-order valence-electron chi connectivity index (χ3n) is 6.16. The minimum Gasteiger partial charge on any atom is -0.484 e. The van der Waals surface area contributed by atoms with Gasteiger partial charge in [0.05, 0.1) is 0 Å². The molecule has 1 N–H and O–H groups in total. The lowest BCUT2D eigenvalue weighted by atomic mass is 9.94. The highest BCUT2D eigenvalue weighted by atomic mass is 16.5. The van der Waals surface area contributed by atoms with Crippen LogP contribution in [0.4, 0.5) is 11.4 Å². The van der Waals surface area contributed by atoms with Gasteiger partial charge in [-0.2, -0.15) is 0 Å². The monoisotopic (exact) mass is 451 g/mol. The molecule has 1 saturated heterocycles. The lowest BCUT2D eigenvalue weighted by Crippen LogP contribution is -2.51. The molecule has 0 aromatic heterocycles. The molecule has 0 radical (unpaired) electrons. The number of piperazine rings is 1. The smallest absolute Gasteiger partial charge is 0.262 e. The first-order valence-electron chi connectivity index (χ1n) is 11.8. The van der Waals surface area contributed by atoms with Crippen LogP contribution in [0.15, 0.2) is 48.5 Å². The summed E-state index contributed by atoms with van der Waals surface area (Å²) in [5.41, 5.74) is 2.76. The van der Waals surface area contributed by atoms with Gasteiger partial charge >= 0.3 is 0 Å². The van der Waals surface area contributed by atoms with E-state index in [1.165, 1.54) is 5.56 Å². The summed E-state index contributed by atoms with van der Waals surface area (Å²) >= 11 is 0. The zero-order valence-electron chi connectivity index (χ0n) is 20.6. The van der Waals surface area contributed by atoms with Crippen molar-refractivity contribution in [1.82, 2.24) is 4.90 Å². The molecule has 2 aromatic rings. The van der Waals surface area contributed by atoms with Crippen LogP contribution in [0, 0.1) is 5.41 Å². The van der Waals surface area contributed by atoms with Crippen molar-refractivity contribution in [3.63, 3.8) is 0 Å². The Bertz CT molecular complexity index is 925. The van der Waals surface area contributed by atoms with Gasteiger partial charge in [-0.3, -0.25) is 9.59 Å². The average Bonchev–Trinajstić information content (AvgIpc) is 2.82. The molecule has 33 heavy (non-hydrogen) atoms. The van der Waals surface area contributed by atoms with E-state index in [1.54, 1.807) is 0 Å². The molecule has 0 spiro atoms. The number of carbonyl (C=O) groups is 2. The Morgan fingerprint density at radius 2 is 1.58 bits per heavy atom. The van der Waals surface area contributed by atoms with Gasteiger partial charge < -0.3 is 19.9 Å². The summed E-state index contributed by atoms with van der Waals surface area (Å²) < 4.78 is 5.63. The molecule has 3 rings (SSSR count). The topological polar surface area (TPSA) is 61.9 Å². The van der Waals surface area contributed by atoms with E-state index < -0.39 is 0 Å². The number of benzene rings is 2. The molecule has 178 valence electrons. The summed E-state index contributed by atoms with van der Waals surface area (Å²) in [6.45, 7) is 13.3. The second-order valence-corrected chi connectivity index (χ2v) is 9.79. The van der Waals surface area contributed by atoms with Crippen molar-refractivity contribution < 1.29 is 14.3 Å². The van der Waals surface area contributed by atoms with Crippen LogP contribution in [0.1, 0.15) is 52.5 Å². The predicted octanol–water partition coefficient (Wildman–Crippen LogP) is 4.91. The number of ether oxygens (including phenoxy) is 1. The minimum absolute atomic E-state index is 0.0335.